The largest absolute Gasteiger partial charge is 0.507 e. The number of morpholine rings is 1. The molecule has 1 aromatic carbocycles. The number of aliphatic hydroxyl groups excluding tert-OH is 1. The first-order chi connectivity index (χ1) is 15.6. The van der Waals surface area contributed by atoms with Crippen molar-refractivity contribution in [2.24, 2.45) is 0 Å². The number of methoxy groups -OCH3 is 1. The topological polar surface area (TPSA) is 92.2 Å². The van der Waals surface area contributed by atoms with Gasteiger partial charge in [-0.1, -0.05) is 6.07 Å². The maximum absolute atomic E-state index is 13.0. The number of aliphatic hydroxyl groups is 1. The van der Waals surface area contributed by atoms with E-state index in [9.17, 15) is 14.7 Å². The first-order valence-corrected chi connectivity index (χ1v) is 10.7. The van der Waals surface area contributed by atoms with Crippen molar-refractivity contribution >= 4 is 17.4 Å². The summed E-state index contributed by atoms with van der Waals surface area (Å²) in [5, 5.41) is 11.0. The number of Topliss-reactive ketones (excluding diaryl/α,β-unsaturated/α-hetero) is 1. The van der Waals surface area contributed by atoms with E-state index in [-0.39, 0.29) is 11.3 Å². The molecule has 2 saturated heterocycles. The van der Waals surface area contributed by atoms with Gasteiger partial charge in [-0.2, -0.15) is 0 Å². The average Bonchev–Trinajstić information content (AvgIpc) is 3.10. The summed E-state index contributed by atoms with van der Waals surface area (Å²) >= 11 is 0. The Morgan fingerprint density at radius 3 is 2.53 bits per heavy atom. The van der Waals surface area contributed by atoms with E-state index >= 15 is 0 Å². The van der Waals surface area contributed by atoms with Crippen LogP contribution in [0.5, 0.6) is 5.75 Å². The van der Waals surface area contributed by atoms with Crippen molar-refractivity contribution in [1.29, 1.82) is 0 Å². The number of hydrogen-bond acceptors (Lipinski definition) is 7. The van der Waals surface area contributed by atoms with Crippen molar-refractivity contribution < 1.29 is 24.2 Å². The Kier molecular flexibility index (Phi) is 6.82. The number of hydrogen-bond donors (Lipinski definition) is 1. The first kappa shape index (κ1) is 22.0. The van der Waals surface area contributed by atoms with Crippen LogP contribution in [0.15, 0.2) is 54.2 Å². The molecule has 0 aliphatic carbocycles. The fraction of sp³-hybridized carbons (Fsp3) is 0.375. The highest BCUT2D eigenvalue weighted by atomic mass is 16.5. The molecule has 1 N–H and O–H groups in total. The lowest BCUT2D eigenvalue weighted by Gasteiger charge is -2.28. The molecule has 0 spiro atoms. The highest BCUT2D eigenvalue weighted by Crippen LogP contribution is 2.38. The third-order valence-corrected chi connectivity index (χ3v) is 5.85. The summed E-state index contributed by atoms with van der Waals surface area (Å²) in [5.41, 5.74) is 1.05. The third kappa shape index (κ3) is 4.51. The molecule has 32 heavy (non-hydrogen) atoms. The van der Waals surface area contributed by atoms with Crippen LogP contribution < -0.4 is 4.74 Å². The van der Waals surface area contributed by atoms with Crippen LogP contribution in [0.4, 0.5) is 0 Å². The lowest BCUT2D eigenvalue weighted by Crippen LogP contribution is -2.39. The van der Waals surface area contributed by atoms with Crippen LogP contribution in [0.3, 0.4) is 0 Å². The van der Waals surface area contributed by atoms with Gasteiger partial charge in [-0.15, -0.1) is 0 Å². The third-order valence-electron chi connectivity index (χ3n) is 5.85. The second-order valence-corrected chi connectivity index (χ2v) is 7.78. The molecular formula is C24H27N3O5. The summed E-state index contributed by atoms with van der Waals surface area (Å²) in [6.45, 7) is 4.34. The number of carbonyl (C=O) groups is 2. The molecule has 2 aliphatic rings. The van der Waals surface area contributed by atoms with Gasteiger partial charge < -0.3 is 19.5 Å². The van der Waals surface area contributed by atoms with Gasteiger partial charge in [0.25, 0.3) is 11.7 Å². The zero-order valence-corrected chi connectivity index (χ0v) is 18.1. The smallest absolute Gasteiger partial charge is 0.295 e. The lowest BCUT2D eigenvalue weighted by atomic mass is 9.98. The van der Waals surface area contributed by atoms with Crippen molar-refractivity contribution in [1.82, 2.24) is 14.8 Å². The van der Waals surface area contributed by atoms with Crippen LogP contribution in [0.2, 0.25) is 0 Å². The van der Waals surface area contributed by atoms with E-state index in [1.807, 2.05) is 6.07 Å². The number of pyridine rings is 1. The Balaban J connectivity index is 1.64. The van der Waals surface area contributed by atoms with Gasteiger partial charge in [0, 0.05) is 37.9 Å². The highest BCUT2D eigenvalue weighted by molar-refractivity contribution is 6.46. The maximum atomic E-state index is 13.0. The maximum Gasteiger partial charge on any atom is 0.295 e. The number of aromatic nitrogens is 1. The molecular weight excluding hydrogens is 410 g/mol. The molecule has 2 aliphatic heterocycles. The Morgan fingerprint density at radius 1 is 1.12 bits per heavy atom. The molecule has 3 heterocycles. The number of carbonyl (C=O) groups excluding carboxylic acids is 2. The lowest BCUT2D eigenvalue weighted by molar-refractivity contribution is -0.140. The molecule has 0 saturated carbocycles. The number of nitrogens with zero attached hydrogens (tertiary/aromatic N) is 3. The second kappa shape index (κ2) is 9.93. The highest BCUT2D eigenvalue weighted by Gasteiger charge is 2.46. The molecule has 8 heteroatoms. The first-order valence-electron chi connectivity index (χ1n) is 10.7. The molecule has 0 bridgehead atoms. The van der Waals surface area contributed by atoms with Gasteiger partial charge in [0.05, 0.1) is 31.6 Å². The standard InChI is InChI=1S/C24H27N3O5/c1-31-18-8-6-17(7-9-18)22(28)20-21(19-5-2-3-10-25-19)27(24(30)23(20)29)12-4-11-26-13-15-32-16-14-26/h2-3,5-10,21,28H,4,11-16H2,1H3/t21-/m1/s1. The fourth-order valence-electron chi connectivity index (χ4n) is 4.15. The van der Waals surface area contributed by atoms with E-state index in [0.29, 0.717) is 43.2 Å². The predicted molar refractivity (Wildman–Crippen MR) is 118 cm³/mol. The van der Waals surface area contributed by atoms with Crippen LogP contribution in [0.25, 0.3) is 5.76 Å². The minimum absolute atomic E-state index is 0.0604. The predicted octanol–water partition coefficient (Wildman–Crippen LogP) is 2.23. The minimum atomic E-state index is -0.733. The zero-order valence-electron chi connectivity index (χ0n) is 18.1. The summed E-state index contributed by atoms with van der Waals surface area (Å²) in [6, 6.07) is 11.3. The summed E-state index contributed by atoms with van der Waals surface area (Å²) in [7, 11) is 1.55. The molecule has 8 nitrogen and oxygen atoms in total. The molecule has 0 radical (unpaired) electrons. The molecule has 2 fully saturated rings. The van der Waals surface area contributed by atoms with Crippen molar-refractivity contribution in [3.05, 3.63) is 65.5 Å². The number of rotatable bonds is 7. The number of amides is 1. The Hall–Kier alpha value is -3.23. The summed E-state index contributed by atoms with van der Waals surface area (Å²) in [5.74, 6) is -0.887. The normalized spacial score (nSPS) is 21.2. The van der Waals surface area contributed by atoms with Gasteiger partial charge in [0.15, 0.2) is 0 Å². The van der Waals surface area contributed by atoms with Gasteiger partial charge >= 0.3 is 0 Å². The van der Waals surface area contributed by atoms with Crippen molar-refractivity contribution in [3.8, 4) is 5.75 Å². The Morgan fingerprint density at radius 2 is 1.88 bits per heavy atom. The van der Waals surface area contributed by atoms with Crippen molar-refractivity contribution in [2.45, 2.75) is 12.5 Å². The Labute approximate surface area is 187 Å². The molecule has 168 valence electrons. The van der Waals surface area contributed by atoms with E-state index in [1.165, 1.54) is 4.90 Å². The van der Waals surface area contributed by atoms with Crippen molar-refractivity contribution in [2.75, 3.05) is 46.5 Å². The van der Waals surface area contributed by atoms with Gasteiger partial charge in [0.1, 0.15) is 17.6 Å². The molecule has 1 amide bonds. The average molecular weight is 437 g/mol. The van der Waals surface area contributed by atoms with Crippen LogP contribution in [0, 0.1) is 0 Å². The van der Waals surface area contributed by atoms with E-state index in [4.69, 9.17) is 9.47 Å². The minimum Gasteiger partial charge on any atom is -0.507 e. The summed E-state index contributed by atoms with van der Waals surface area (Å²) in [6.07, 6.45) is 2.33. The van der Waals surface area contributed by atoms with Gasteiger partial charge in [-0.3, -0.25) is 19.5 Å². The molecule has 2 aromatic rings. The number of benzene rings is 1. The van der Waals surface area contributed by atoms with E-state index in [0.717, 1.165) is 19.6 Å². The SMILES string of the molecule is COc1ccc(C(O)=C2C(=O)C(=O)N(CCCN3CCOCC3)[C@@H]2c2ccccn2)cc1. The van der Waals surface area contributed by atoms with Crippen LogP contribution in [-0.4, -0.2) is 78.1 Å². The number of ketones is 1. The number of likely N-dealkylation sites (tertiary alicyclic amines) is 1. The molecule has 1 atom stereocenters. The van der Waals surface area contributed by atoms with Gasteiger partial charge in [-0.25, -0.2) is 0 Å². The number of ether oxygens (including phenoxy) is 2. The van der Waals surface area contributed by atoms with E-state index < -0.39 is 17.7 Å². The summed E-state index contributed by atoms with van der Waals surface area (Å²) < 4.78 is 10.5. The van der Waals surface area contributed by atoms with E-state index in [2.05, 4.69) is 9.88 Å². The van der Waals surface area contributed by atoms with E-state index in [1.54, 1.807) is 49.7 Å². The van der Waals surface area contributed by atoms with Gasteiger partial charge in [0.2, 0.25) is 0 Å². The zero-order chi connectivity index (χ0) is 22.5. The molecule has 1 aromatic heterocycles. The molecule has 0 unspecified atom stereocenters. The monoisotopic (exact) mass is 437 g/mol. The Bertz CT molecular complexity index is 984. The van der Waals surface area contributed by atoms with Crippen LogP contribution >= 0.6 is 0 Å². The fourth-order valence-corrected chi connectivity index (χ4v) is 4.15. The molecule has 4 rings (SSSR count). The van der Waals surface area contributed by atoms with Crippen LogP contribution in [0.1, 0.15) is 23.7 Å². The second-order valence-electron chi connectivity index (χ2n) is 7.78. The van der Waals surface area contributed by atoms with Crippen LogP contribution in [-0.2, 0) is 14.3 Å². The van der Waals surface area contributed by atoms with Gasteiger partial charge in [-0.05, 0) is 42.8 Å². The van der Waals surface area contributed by atoms with Crippen molar-refractivity contribution in [3.63, 3.8) is 0 Å². The quantitative estimate of drug-likeness (QED) is 0.403. The summed E-state index contributed by atoms with van der Waals surface area (Å²) in [4.78, 5) is 34.2.